The van der Waals surface area contributed by atoms with Crippen LogP contribution in [0.25, 0.3) is 0 Å². The maximum Gasteiger partial charge on any atom is 0.247 e. The maximum absolute atomic E-state index is 12.7. The van der Waals surface area contributed by atoms with Crippen molar-refractivity contribution < 1.29 is 9.32 Å². The predicted octanol–water partition coefficient (Wildman–Crippen LogP) is 2.76. The minimum Gasteiger partial charge on any atom is -0.360 e. The number of carbonyl (C=O) groups excluding carboxylic acids is 1. The number of benzene rings is 1. The van der Waals surface area contributed by atoms with Crippen molar-refractivity contribution in [3.05, 3.63) is 47.7 Å². The molecule has 0 bridgehead atoms. The lowest BCUT2D eigenvalue weighted by Gasteiger charge is -2.26. The van der Waals surface area contributed by atoms with Crippen molar-refractivity contribution in [2.24, 2.45) is 0 Å². The second-order valence-corrected chi connectivity index (χ2v) is 5.37. The van der Waals surface area contributed by atoms with Gasteiger partial charge in [0.25, 0.3) is 0 Å². The van der Waals surface area contributed by atoms with Gasteiger partial charge in [0.15, 0.2) is 5.82 Å². The molecule has 0 spiro atoms. The standard InChI is InChI=1S/C16H19N3O2/c1-12-11-14(18-21-12)17-16(20)15(19-9-5-6-10-19)13-7-3-2-4-8-13/h2-4,7-8,11,15H,5-6,9-10H2,1H3,(H,17,18,20). The number of hydrogen-bond acceptors (Lipinski definition) is 4. The van der Waals surface area contributed by atoms with E-state index in [1.807, 2.05) is 30.3 Å². The monoisotopic (exact) mass is 285 g/mol. The number of likely N-dealkylation sites (tertiary alicyclic amines) is 1. The summed E-state index contributed by atoms with van der Waals surface area (Å²) in [7, 11) is 0. The molecule has 2 heterocycles. The van der Waals surface area contributed by atoms with E-state index < -0.39 is 0 Å². The highest BCUT2D eigenvalue weighted by Gasteiger charge is 2.30. The van der Waals surface area contributed by atoms with Gasteiger partial charge in [-0.05, 0) is 38.4 Å². The highest BCUT2D eigenvalue weighted by molar-refractivity contribution is 5.94. The highest BCUT2D eigenvalue weighted by atomic mass is 16.5. The molecule has 0 saturated carbocycles. The first-order valence-electron chi connectivity index (χ1n) is 7.27. The molecule has 5 heteroatoms. The van der Waals surface area contributed by atoms with Crippen LogP contribution in [0.4, 0.5) is 5.82 Å². The Balaban J connectivity index is 1.82. The SMILES string of the molecule is Cc1cc(NC(=O)C(c2ccccc2)N2CCCC2)no1. The topological polar surface area (TPSA) is 58.4 Å². The average molecular weight is 285 g/mol. The van der Waals surface area contributed by atoms with Crippen LogP contribution in [0.1, 0.15) is 30.2 Å². The minimum absolute atomic E-state index is 0.0589. The first-order valence-corrected chi connectivity index (χ1v) is 7.27. The van der Waals surface area contributed by atoms with Crippen LogP contribution < -0.4 is 5.32 Å². The molecule has 1 unspecified atom stereocenters. The van der Waals surface area contributed by atoms with E-state index in [2.05, 4.69) is 15.4 Å². The molecular formula is C16H19N3O2. The van der Waals surface area contributed by atoms with Gasteiger partial charge in [-0.15, -0.1) is 0 Å². The van der Waals surface area contributed by atoms with E-state index in [4.69, 9.17) is 4.52 Å². The largest absolute Gasteiger partial charge is 0.360 e. The highest BCUT2D eigenvalue weighted by Crippen LogP contribution is 2.26. The normalized spacial score (nSPS) is 16.8. The summed E-state index contributed by atoms with van der Waals surface area (Å²) in [6.45, 7) is 3.70. The molecule has 0 aliphatic carbocycles. The molecule has 1 aliphatic rings. The fourth-order valence-corrected chi connectivity index (χ4v) is 2.78. The van der Waals surface area contributed by atoms with Gasteiger partial charge in [0, 0.05) is 6.07 Å². The summed E-state index contributed by atoms with van der Waals surface area (Å²) in [4.78, 5) is 14.9. The summed E-state index contributed by atoms with van der Waals surface area (Å²) in [5.41, 5.74) is 1.01. The number of rotatable bonds is 4. The quantitative estimate of drug-likeness (QED) is 0.938. The molecule has 1 amide bonds. The lowest BCUT2D eigenvalue weighted by atomic mass is 10.0. The van der Waals surface area contributed by atoms with Crippen molar-refractivity contribution in [2.75, 3.05) is 18.4 Å². The minimum atomic E-state index is -0.272. The van der Waals surface area contributed by atoms with Crippen LogP contribution >= 0.6 is 0 Å². The van der Waals surface area contributed by atoms with Gasteiger partial charge in [-0.1, -0.05) is 35.5 Å². The predicted molar refractivity (Wildman–Crippen MR) is 79.9 cm³/mol. The van der Waals surface area contributed by atoms with Gasteiger partial charge < -0.3 is 9.84 Å². The summed E-state index contributed by atoms with van der Waals surface area (Å²) < 4.78 is 5.00. The number of hydrogen-bond donors (Lipinski definition) is 1. The van der Waals surface area contributed by atoms with Crippen molar-refractivity contribution in [3.63, 3.8) is 0 Å². The van der Waals surface area contributed by atoms with Gasteiger partial charge in [-0.3, -0.25) is 9.69 Å². The maximum atomic E-state index is 12.7. The zero-order valence-corrected chi connectivity index (χ0v) is 12.1. The third-order valence-corrected chi connectivity index (χ3v) is 3.75. The third kappa shape index (κ3) is 3.13. The lowest BCUT2D eigenvalue weighted by Crippen LogP contribution is -2.35. The second kappa shape index (κ2) is 6.10. The van der Waals surface area contributed by atoms with Crippen LogP contribution in [0.5, 0.6) is 0 Å². The molecule has 0 radical (unpaired) electrons. The molecule has 5 nitrogen and oxygen atoms in total. The molecule has 1 aliphatic heterocycles. The van der Waals surface area contributed by atoms with Gasteiger partial charge in [-0.25, -0.2) is 0 Å². The zero-order valence-electron chi connectivity index (χ0n) is 12.1. The number of nitrogens with one attached hydrogen (secondary N) is 1. The van der Waals surface area contributed by atoms with Crippen LogP contribution in [0.3, 0.4) is 0 Å². The lowest BCUT2D eigenvalue weighted by molar-refractivity contribution is -0.121. The number of carbonyl (C=O) groups is 1. The number of amides is 1. The smallest absolute Gasteiger partial charge is 0.247 e. The van der Waals surface area contributed by atoms with E-state index in [1.165, 1.54) is 0 Å². The average Bonchev–Trinajstić information content (AvgIpc) is 3.13. The Kier molecular flexibility index (Phi) is 4.01. The third-order valence-electron chi connectivity index (χ3n) is 3.75. The van der Waals surface area contributed by atoms with Crippen molar-refractivity contribution in [1.82, 2.24) is 10.1 Å². The molecule has 1 aromatic carbocycles. The molecular weight excluding hydrogens is 266 g/mol. The van der Waals surface area contributed by atoms with Gasteiger partial charge in [0.1, 0.15) is 11.8 Å². The first kappa shape index (κ1) is 13.8. The Morgan fingerprint density at radius 3 is 2.62 bits per heavy atom. The molecule has 1 N–H and O–H groups in total. The van der Waals surface area contributed by atoms with Crippen molar-refractivity contribution in [1.29, 1.82) is 0 Å². The van der Waals surface area contributed by atoms with Crippen molar-refractivity contribution in [3.8, 4) is 0 Å². The van der Waals surface area contributed by atoms with E-state index in [-0.39, 0.29) is 11.9 Å². The molecule has 3 rings (SSSR count). The van der Waals surface area contributed by atoms with E-state index in [0.717, 1.165) is 31.5 Å². The van der Waals surface area contributed by atoms with Crippen molar-refractivity contribution >= 4 is 11.7 Å². The molecule has 1 saturated heterocycles. The summed E-state index contributed by atoms with van der Waals surface area (Å²) in [6.07, 6.45) is 2.28. The van der Waals surface area contributed by atoms with Crippen molar-refractivity contribution in [2.45, 2.75) is 25.8 Å². The van der Waals surface area contributed by atoms with E-state index >= 15 is 0 Å². The van der Waals surface area contributed by atoms with Gasteiger partial charge in [-0.2, -0.15) is 0 Å². The van der Waals surface area contributed by atoms with Crippen LogP contribution in [0.2, 0.25) is 0 Å². The van der Waals surface area contributed by atoms with E-state index in [0.29, 0.717) is 11.6 Å². The van der Waals surface area contributed by atoms with Crippen LogP contribution in [-0.2, 0) is 4.79 Å². The number of aryl methyl sites for hydroxylation is 1. The zero-order chi connectivity index (χ0) is 14.7. The molecule has 110 valence electrons. The first-order chi connectivity index (χ1) is 10.2. The second-order valence-electron chi connectivity index (χ2n) is 5.37. The number of aromatic nitrogens is 1. The van der Waals surface area contributed by atoms with Crippen LogP contribution in [0.15, 0.2) is 40.9 Å². The Labute approximate surface area is 123 Å². The molecule has 1 fully saturated rings. The van der Waals surface area contributed by atoms with Gasteiger partial charge in [0.05, 0.1) is 0 Å². The Morgan fingerprint density at radius 2 is 2.00 bits per heavy atom. The molecule has 1 aromatic heterocycles. The van der Waals surface area contributed by atoms with Gasteiger partial charge >= 0.3 is 0 Å². The fraction of sp³-hybridized carbons (Fsp3) is 0.375. The van der Waals surface area contributed by atoms with Crippen LogP contribution in [0, 0.1) is 6.92 Å². The summed E-state index contributed by atoms with van der Waals surface area (Å²) in [5, 5.41) is 6.69. The molecule has 21 heavy (non-hydrogen) atoms. The molecule has 2 aromatic rings. The summed E-state index contributed by atoms with van der Waals surface area (Å²) >= 11 is 0. The van der Waals surface area contributed by atoms with Gasteiger partial charge in [0.2, 0.25) is 5.91 Å². The Morgan fingerprint density at radius 1 is 1.29 bits per heavy atom. The van der Waals surface area contributed by atoms with Crippen LogP contribution in [-0.4, -0.2) is 29.1 Å². The number of anilines is 1. The summed E-state index contributed by atoms with van der Waals surface area (Å²) in [5.74, 6) is 1.09. The van der Waals surface area contributed by atoms with E-state index in [9.17, 15) is 4.79 Å². The fourth-order valence-electron chi connectivity index (χ4n) is 2.78. The molecule has 1 atom stereocenters. The Bertz CT molecular complexity index is 603. The van der Waals surface area contributed by atoms with E-state index in [1.54, 1.807) is 13.0 Å². The Hall–Kier alpha value is -2.14. The number of nitrogens with zero attached hydrogens (tertiary/aromatic N) is 2. The summed E-state index contributed by atoms with van der Waals surface area (Å²) in [6, 6.07) is 11.3.